The van der Waals surface area contributed by atoms with Crippen LogP contribution in [0, 0.1) is 0 Å². The van der Waals surface area contributed by atoms with E-state index in [9.17, 15) is 13.2 Å². The van der Waals surface area contributed by atoms with Gasteiger partial charge in [0, 0.05) is 7.05 Å². The van der Waals surface area contributed by atoms with Crippen molar-refractivity contribution in [2.45, 2.75) is 12.7 Å². The van der Waals surface area contributed by atoms with Crippen molar-refractivity contribution in [1.29, 1.82) is 0 Å². The van der Waals surface area contributed by atoms with Crippen LogP contribution in [-0.2, 0) is 19.8 Å². The standard InChI is InChI=1S/C11H10ClF3N4/c1-19-6-17-18-10(19)5-16-9-3-2-7(4-8(9)12)11(13,14)15/h2-4,6,16H,5H2,1H3. The van der Waals surface area contributed by atoms with Crippen LogP contribution in [0.3, 0.4) is 0 Å². The fourth-order valence-corrected chi connectivity index (χ4v) is 1.72. The Kier molecular flexibility index (Phi) is 3.66. The molecule has 1 aromatic heterocycles. The highest BCUT2D eigenvalue weighted by Crippen LogP contribution is 2.33. The number of benzene rings is 1. The van der Waals surface area contributed by atoms with Crippen LogP contribution in [0.15, 0.2) is 24.5 Å². The summed E-state index contributed by atoms with van der Waals surface area (Å²) < 4.78 is 39.1. The molecule has 2 rings (SSSR count). The van der Waals surface area contributed by atoms with Crippen LogP contribution in [0.2, 0.25) is 5.02 Å². The lowest BCUT2D eigenvalue weighted by Gasteiger charge is -2.11. The maximum absolute atomic E-state index is 12.5. The molecule has 0 fully saturated rings. The van der Waals surface area contributed by atoms with Crippen LogP contribution in [0.4, 0.5) is 18.9 Å². The SMILES string of the molecule is Cn1cnnc1CNc1ccc(C(F)(F)F)cc1Cl. The molecule has 0 saturated carbocycles. The van der Waals surface area contributed by atoms with E-state index in [0.29, 0.717) is 18.1 Å². The molecule has 0 saturated heterocycles. The molecule has 1 aromatic carbocycles. The molecule has 0 radical (unpaired) electrons. The zero-order chi connectivity index (χ0) is 14.0. The number of anilines is 1. The van der Waals surface area contributed by atoms with E-state index in [4.69, 9.17) is 11.6 Å². The summed E-state index contributed by atoms with van der Waals surface area (Å²) >= 11 is 5.81. The van der Waals surface area contributed by atoms with Crippen LogP contribution in [0.1, 0.15) is 11.4 Å². The summed E-state index contributed by atoms with van der Waals surface area (Å²) in [6, 6.07) is 3.16. The number of hydrogen-bond donors (Lipinski definition) is 1. The van der Waals surface area contributed by atoms with Crippen molar-refractivity contribution in [3.05, 3.63) is 40.9 Å². The quantitative estimate of drug-likeness (QED) is 0.944. The van der Waals surface area contributed by atoms with E-state index >= 15 is 0 Å². The van der Waals surface area contributed by atoms with Crippen LogP contribution < -0.4 is 5.32 Å². The normalized spacial score (nSPS) is 11.6. The average molecular weight is 291 g/mol. The van der Waals surface area contributed by atoms with E-state index in [0.717, 1.165) is 12.1 Å². The minimum absolute atomic E-state index is 0.0111. The van der Waals surface area contributed by atoms with Gasteiger partial charge in [-0.2, -0.15) is 13.2 Å². The minimum atomic E-state index is -4.40. The van der Waals surface area contributed by atoms with Gasteiger partial charge in [0.2, 0.25) is 0 Å². The second-order valence-electron chi connectivity index (χ2n) is 3.90. The van der Waals surface area contributed by atoms with E-state index in [1.54, 1.807) is 11.6 Å². The van der Waals surface area contributed by atoms with Crippen molar-refractivity contribution < 1.29 is 13.2 Å². The number of rotatable bonds is 3. The number of aromatic nitrogens is 3. The van der Waals surface area contributed by atoms with E-state index in [2.05, 4.69) is 15.5 Å². The predicted octanol–water partition coefficient (Wildman–Crippen LogP) is 3.10. The van der Waals surface area contributed by atoms with Crippen molar-refractivity contribution in [1.82, 2.24) is 14.8 Å². The van der Waals surface area contributed by atoms with Gasteiger partial charge < -0.3 is 9.88 Å². The Bertz CT molecular complexity index is 580. The fraction of sp³-hybridized carbons (Fsp3) is 0.273. The molecule has 0 spiro atoms. The van der Waals surface area contributed by atoms with E-state index < -0.39 is 11.7 Å². The second-order valence-corrected chi connectivity index (χ2v) is 4.31. The molecule has 4 nitrogen and oxygen atoms in total. The Morgan fingerprint density at radius 3 is 2.63 bits per heavy atom. The molecular weight excluding hydrogens is 281 g/mol. The maximum Gasteiger partial charge on any atom is 0.416 e. The summed E-state index contributed by atoms with van der Waals surface area (Å²) in [6.07, 6.45) is -2.86. The number of nitrogens with one attached hydrogen (secondary N) is 1. The highest BCUT2D eigenvalue weighted by molar-refractivity contribution is 6.33. The summed E-state index contributed by atoms with van der Waals surface area (Å²) in [6.45, 7) is 0.321. The molecule has 0 bridgehead atoms. The highest BCUT2D eigenvalue weighted by atomic mass is 35.5. The summed E-state index contributed by atoms with van der Waals surface area (Å²) in [5.74, 6) is 0.649. The van der Waals surface area contributed by atoms with Gasteiger partial charge in [-0.1, -0.05) is 11.6 Å². The van der Waals surface area contributed by atoms with Gasteiger partial charge in [-0.15, -0.1) is 10.2 Å². The molecular formula is C11H10ClF3N4. The first-order valence-corrected chi connectivity index (χ1v) is 5.69. The Morgan fingerprint density at radius 1 is 1.37 bits per heavy atom. The molecule has 19 heavy (non-hydrogen) atoms. The van der Waals surface area contributed by atoms with Gasteiger partial charge in [0.1, 0.15) is 6.33 Å². The van der Waals surface area contributed by atoms with Crippen molar-refractivity contribution in [3.8, 4) is 0 Å². The maximum atomic E-state index is 12.5. The monoisotopic (exact) mass is 290 g/mol. The van der Waals surface area contributed by atoms with Crippen LogP contribution in [-0.4, -0.2) is 14.8 Å². The first-order valence-electron chi connectivity index (χ1n) is 5.31. The van der Waals surface area contributed by atoms with Gasteiger partial charge >= 0.3 is 6.18 Å². The molecule has 0 aliphatic rings. The van der Waals surface area contributed by atoms with E-state index in [1.165, 1.54) is 12.4 Å². The van der Waals surface area contributed by atoms with E-state index in [-0.39, 0.29) is 5.02 Å². The third kappa shape index (κ3) is 3.17. The number of nitrogens with zero attached hydrogens (tertiary/aromatic N) is 3. The Hall–Kier alpha value is -1.76. The zero-order valence-corrected chi connectivity index (χ0v) is 10.6. The lowest BCUT2D eigenvalue weighted by molar-refractivity contribution is -0.137. The molecule has 0 aliphatic carbocycles. The predicted molar refractivity (Wildman–Crippen MR) is 64.8 cm³/mol. The fourth-order valence-electron chi connectivity index (χ4n) is 1.48. The van der Waals surface area contributed by atoms with Crippen LogP contribution in [0.25, 0.3) is 0 Å². The van der Waals surface area contributed by atoms with Gasteiger partial charge in [0.15, 0.2) is 5.82 Å². The van der Waals surface area contributed by atoms with Gasteiger partial charge in [-0.3, -0.25) is 0 Å². The molecule has 0 amide bonds. The first-order chi connectivity index (χ1) is 8.88. The second kappa shape index (κ2) is 5.08. The lowest BCUT2D eigenvalue weighted by atomic mass is 10.2. The molecule has 2 aromatic rings. The average Bonchev–Trinajstić information content (AvgIpc) is 2.72. The van der Waals surface area contributed by atoms with Crippen molar-refractivity contribution in [3.63, 3.8) is 0 Å². The topological polar surface area (TPSA) is 42.7 Å². The summed E-state index contributed by atoms with van der Waals surface area (Å²) in [7, 11) is 1.77. The number of aryl methyl sites for hydroxylation is 1. The smallest absolute Gasteiger partial charge is 0.377 e. The third-order valence-corrected chi connectivity index (χ3v) is 2.85. The van der Waals surface area contributed by atoms with Crippen LogP contribution in [0.5, 0.6) is 0 Å². The largest absolute Gasteiger partial charge is 0.416 e. The Labute approximate surface area is 112 Å². The molecule has 0 atom stereocenters. The molecule has 1 heterocycles. The van der Waals surface area contributed by atoms with E-state index in [1.807, 2.05) is 0 Å². The molecule has 8 heteroatoms. The number of alkyl halides is 3. The van der Waals surface area contributed by atoms with Crippen molar-refractivity contribution in [2.75, 3.05) is 5.32 Å². The first kappa shape index (κ1) is 13.7. The molecule has 1 N–H and O–H groups in total. The van der Waals surface area contributed by atoms with Crippen molar-refractivity contribution >= 4 is 17.3 Å². The van der Waals surface area contributed by atoms with Gasteiger partial charge in [0.05, 0.1) is 22.8 Å². The van der Waals surface area contributed by atoms with Gasteiger partial charge in [-0.25, -0.2) is 0 Å². The molecule has 102 valence electrons. The third-order valence-electron chi connectivity index (χ3n) is 2.54. The van der Waals surface area contributed by atoms with Crippen LogP contribution >= 0.6 is 11.6 Å². The number of hydrogen-bond acceptors (Lipinski definition) is 3. The summed E-state index contributed by atoms with van der Waals surface area (Å²) in [5.41, 5.74) is -0.362. The summed E-state index contributed by atoms with van der Waals surface area (Å²) in [4.78, 5) is 0. The Balaban J connectivity index is 2.12. The van der Waals surface area contributed by atoms with Gasteiger partial charge in [-0.05, 0) is 18.2 Å². The van der Waals surface area contributed by atoms with Crippen molar-refractivity contribution in [2.24, 2.45) is 7.05 Å². The molecule has 0 aliphatic heterocycles. The van der Waals surface area contributed by atoms with Gasteiger partial charge in [0.25, 0.3) is 0 Å². The lowest BCUT2D eigenvalue weighted by Crippen LogP contribution is -2.08. The molecule has 0 unspecified atom stereocenters. The highest BCUT2D eigenvalue weighted by Gasteiger charge is 2.30. The summed E-state index contributed by atoms with van der Waals surface area (Å²) in [5, 5.41) is 10.5. The Morgan fingerprint density at radius 2 is 2.11 bits per heavy atom. The minimum Gasteiger partial charge on any atom is -0.377 e. The number of halogens is 4. The zero-order valence-electron chi connectivity index (χ0n) is 9.87.